The molecule has 1 aromatic rings. The third-order valence-corrected chi connectivity index (χ3v) is 1.94. The monoisotopic (exact) mass is 167 g/mol. The van der Waals surface area contributed by atoms with Crippen LogP contribution in [0.15, 0.2) is 12.5 Å². The Kier molecular flexibility index (Phi) is 3.80. The highest BCUT2D eigenvalue weighted by Crippen LogP contribution is 1.98. The molecule has 0 saturated carbocycles. The molecule has 0 bridgehead atoms. The van der Waals surface area contributed by atoms with Crippen molar-refractivity contribution in [1.82, 2.24) is 14.9 Å². The lowest BCUT2D eigenvalue weighted by Crippen LogP contribution is -2.19. The molecule has 0 fully saturated rings. The number of rotatable bonds is 5. The summed E-state index contributed by atoms with van der Waals surface area (Å²) in [6.45, 7) is 7.36. The van der Waals surface area contributed by atoms with Gasteiger partial charge in [-0.3, -0.25) is 0 Å². The molecule has 12 heavy (non-hydrogen) atoms. The standard InChI is InChI=1S/C9H17N3/c1-3-9-7-11-8-12(9)6-5-10-4-2/h7-8,10H,3-6H2,1-2H3. The zero-order valence-electron chi connectivity index (χ0n) is 7.88. The van der Waals surface area contributed by atoms with Crippen LogP contribution in [-0.4, -0.2) is 22.6 Å². The topological polar surface area (TPSA) is 29.9 Å². The molecular formula is C9H17N3. The van der Waals surface area contributed by atoms with Crippen LogP contribution in [0.5, 0.6) is 0 Å². The van der Waals surface area contributed by atoms with Crippen LogP contribution in [0, 0.1) is 0 Å². The Labute approximate surface area is 73.8 Å². The summed E-state index contributed by atoms with van der Waals surface area (Å²) < 4.78 is 2.20. The van der Waals surface area contributed by atoms with Crippen LogP contribution >= 0.6 is 0 Å². The Balaban J connectivity index is 2.39. The Morgan fingerprint density at radius 3 is 3.00 bits per heavy atom. The highest BCUT2D eigenvalue weighted by atomic mass is 15.1. The van der Waals surface area contributed by atoms with Gasteiger partial charge in [0.1, 0.15) is 0 Å². The van der Waals surface area contributed by atoms with Gasteiger partial charge in [0, 0.05) is 25.0 Å². The van der Waals surface area contributed by atoms with Gasteiger partial charge in [0.25, 0.3) is 0 Å². The molecule has 0 aromatic carbocycles. The predicted molar refractivity (Wildman–Crippen MR) is 50.1 cm³/mol. The van der Waals surface area contributed by atoms with Crippen LogP contribution in [0.3, 0.4) is 0 Å². The summed E-state index contributed by atoms with van der Waals surface area (Å²) in [5.41, 5.74) is 1.31. The van der Waals surface area contributed by atoms with Gasteiger partial charge in [-0.2, -0.15) is 0 Å². The second-order valence-corrected chi connectivity index (χ2v) is 2.79. The molecule has 68 valence electrons. The minimum atomic E-state index is 1.02. The highest BCUT2D eigenvalue weighted by Gasteiger charge is 1.97. The molecule has 3 nitrogen and oxygen atoms in total. The SMILES string of the molecule is CCNCCn1cncc1CC. The normalized spacial score (nSPS) is 10.5. The van der Waals surface area contributed by atoms with E-state index >= 15 is 0 Å². The molecule has 1 heterocycles. The first kappa shape index (κ1) is 9.26. The third-order valence-electron chi connectivity index (χ3n) is 1.94. The van der Waals surface area contributed by atoms with Crippen molar-refractivity contribution in [2.24, 2.45) is 0 Å². The number of nitrogens with one attached hydrogen (secondary N) is 1. The largest absolute Gasteiger partial charge is 0.333 e. The minimum absolute atomic E-state index is 1.02. The fraction of sp³-hybridized carbons (Fsp3) is 0.667. The third kappa shape index (κ3) is 2.34. The lowest BCUT2D eigenvalue weighted by Gasteiger charge is -2.05. The summed E-state index contributed by atoms with van der Waals surface area (Å²) in [6.07, 6.45) is 4.90. The molecule has 0 spiro atoms. The van der Waals surface area contributed by atoms with E-state index in [2.05, 4.69) is 28.7 Å². The molecule has 0 aliphatic heterocycles. The Morgan fingerprint density at radius 2 is 2.33 bits per heavy atom. The van der Waals surface area contributed by atoms with Crippen molar-refractivity contribution in [3.8, 4) is 0 Å². The molecule has 1 rings (SSSR count). The number of hydrogen-bond acceptors (Lipinski definition) is 2. The number of imidazole rings is 1. The fourth-order valence-corrected chi connectivity index (χ4v) is 1.22. The van der Waals surface area contributed by atoms with E-state index in [1.54, 1.807) is 0 Å². The summed E-state index contributed by atoms with van der Waals surface area (Å²) in [6, 6.07) is 0. The van der Waals surface area contributed by atoms with Gasteiger partial charge in [0.15, 0.2) is 0 Å². The van der Waals surface area contributed by atoms with E-state index in [9.17, 15) is 0 Å². The molecule has 1 N–H and O–H groups in total. The van der Waals surface area contributed by atoms with Crippen molar-refractivity contribution >= 4 is 0 Å². The lowest BCUT2D eigenvalue weighted by atomic mass is 10.3. The van der Waals surface area contributed by atoms with Gasteiger partial charge in [-0.05, 0) is 13.0 Å². The van der Waals surface area contributed by atoms with Crippen LogP contribution in [-0.2, 0) is 13.0 Å². The zero-order valence-corrected chi connectivity index (χ0v) is 7.88. The van der Waals surface area contributed by atoms with Crippen molar-refractivity contribution in [3.63, 3.8) is 0 Å². The quantitative estimate of drug-likeness (QED) is 0.664. The first-order valence-electron chi connectivity index (χ1n) is 4.58. The van der Waals surface area contributed by atoms with Gasteiger partial charge >= 0.3 is 0 Å². The van der Waals surface area contributed by atoms with E-state index in [1.807, 2.05) is 12.5 Å². The van der Waals surface area contributed by atoms with Gasteiger partial charge in [-0.15, -0.1) is 0 Å². The summed E-state index contributed by atoms with van der Waals surface area (Å²) in [5.74, 6) is 0. The molecular weight excluding hydrogens is 150 g/mol. The van der Waals surface area contributed by atoms with Crippen LogP contribution < -0.4 is 5.32 Å². The predicted octanol–water partition coefficient (Wildman–Crippen LogP) is 1.05. The molecule has 1 aromatic heterocycles. The fourth-order valence-electron chi connectivity index (χ4n) is 1.22. The first-order chi connectivity index (χ1) is 5.88. The second kappa shape index (κ2) is 4.93. The maximum atomic E-state index is 4.11. The van der Waals surface area contributed by atoms with Crippen molar-refractivity contribution in [3.05, 3.63) is 18.2 Å². The molecule has 0 atom stereocenters. The van der Waals surface area contributed by atoms with Crippen LogP contribution in [0.25, 0.3) is 0 Å². The van der Waals surface area contributed by atoms with E-state index in [1.165, 1.54) is 5.69 Å². The van der Waals surface area contributed by atoms with Crippen molar-refractivity contribution < 1.29 is 0 Å². The molecule has 0 saturated heterocycles. The lowest BCUT2D eigenvalue weighted by molar-refractivity contribution is 0.597. The Hall–Kier alpha value is -0.830. The first-order valence-corrected chi connectivity index (χ1v) is 4.58. The Morgan fingerprint density at radius 1 is 1.50 bits per heavy atom. The highest BCUT2D eigenvalue weighted by molar-refractivity contribution is 4.97. The van der Waals surface area contributed by atoms with Gasteiger partial charge in [-0.25, -0.2) is 4.98 Å². The molecule has 0 aliphatic carbocycles. The van der Waals surface area contributed by atoms with E-state index in [-0.39, 0.29) is 0 Å². The van der Waals surface area contributed by atoms with Gasteiger partial charge in [0.2, 0.25) is 0 Å². The van der Waals surface area contributed by atoms with Crippen molar-refractivity contribution in [2.75, 3.05) is 13.1 Å². The van der Waals surface area contributed by atoms with Crippen LogP contribution in [0.1, 0.15) is 19.5 Å². The summed E-state index contributed by atoms with van der Waals surface area (Å²) in [5, 5.41) is 3.29. The van der Waals surface area contributed by atoms with E-state index < -0.39 is 0 Å². The maximum absolute atomic E-state index is 4.11. The number of likely N-dealkylation sites (N-methyl/N-ethyl adjacent to an activating group) is 1. The van der Waals surface area contributed by atoms with E-state index in [0.717, 1.165) is 26.1 Å². The minimum Gasteiger partial charge on any atom is -0.333 e. The van der Waals surface area contributed by atoms with Crippen molar-refractivity contribution in [2.45, 2.75) is 26.8 Å². The second-order valence-electron chi connectivity index (χ2n) is 2.79. The van der Waals surface area contributed by atoms with Crippen molar-refractivity contribution in [1.29, 1.82) is 0 Å². The summed E-state index contributed by atoms with van der Waals surface area (Å²) >= 11 is 0. The number of nitrogens with zero attached hydrogens (tertiary/aromatic N) is 2. The van der Waals surface area contributed by atoms with Crippen LogP contribution in [0.2, 0.25) is 0 Å². The van der Waals surface area contributed by atoms with Crippen LogP contribution in [0.4, 0.5) is 0 Å². The number of hydrogen-bond donors (Lipinski definition) is 1. The smallest absolute Gasteiger partial charge is 0.0948 e. The average Bonchev–Trinajstić information content (AvgIpc) is 2.52. The summed E-state index contributed by atoms with van der Waals surface area (Å²) in [4.78, 5) is 4.11. The molecule has 0 amide bonds. The Bertz CT molecular complexity index is 217. The number of aromatic nitrogens is 2. The summed E-state index contributed by atoms with van der Waals surface area (Å²) in [7, 11) is 0. The number of aryl methyl sites for hydroxylation is 1. The molecule has 3 heteroatoms. The maximum Gasteiger partial charge on any atom is 0.0948 e. The van der Waals surface area contributed by atoms with E-state index in [4.69, 9.17) is 0 Å². The van der Waals surface area contributed by atoms with Gasteiger partial charge < -0.3 is 9.88 Å². The van der Waals surface area contributed by atoms with Gasteiger partial charge in [0.05, 0.1) is 6.33 Å². The molecule has 0 radical (unpaired) electrons. The molecule has 0 unspecified atom stereocenters. The molecule has 0 aliphatic rings. The average molecular weight is 167 g/mol. The zero-order chi connectivity index (χ0) is 8.81. The van der Waals surface area contributed by atoms with E-state index in [0.29, 0.717) is 0 Å². The van der Waals surface area contributed by atoms with Gasteiger partial charge in [-0.1, -0.05) is 13.8 Å².